The molecule has 0 unspecified atom stereocenters. The SMILES string of the molecule is NCc1cncc(Oc2ccc(OC(F)(F)F)c(Br)c2)c1. The van der Waals surface area contributed by atoms with E-state index in [1.807, 2.05) is 0 Å². The summed E-state index contributed by atoms with van der Waals surface area (Å²) < 4.78 is 45.9. The third kappa shape index (κ3) is 4.61. The number of nitrogens with zero attached hydrogens (tertiary/aromatic N) is 1. The Balaban J connectivity index is 2.16. The van der Waals surface area contributed by atoms with E-state index in [0.717, 1.165) is 11.6 Å². The second-order valence-electron chi connectivity index (χ2n) is 3.98. The molecule has 0 amide bonds. The lowest BCUT2D eigenvalue weighted by Gasteiger charge is -2.12. The smallest absolute Gasteiger partial charge is 0.456 e. The molecule has 1 aromatic heterocycles. The minimum absolute atomic E-state index is 0.125. The fraction of sp³-hybridized carbons (Fsp3) is 0.154. The lowest BCUT2D eigenvalue weighted by Crippen LogP contribution is -2.17. The van der Waals surface area contributed by atoms with Crippen molar-refractivity contribution in [3.05, 3.63) is 46.7 Å². The van der Waals surface area contributed by atoms with Gasteiger partial charge in [0.15, 0.2) is 0 Å². The summed E-state index contributed by atoms with van der Waals surface area (Å²) in [6.07, 6.45) is -1.67. The molecule has 0 aliphatic rings. The third-order valence-electron chi connectivity index (χ3n) is 2.37. The van der Waals surface area contributed by atoms with Crippen molar-refractivity contribution in [3.63, 3.8) is 0 Å². The lowest BCUT2D eigenvalue weighted by atomic mass is 10.3. The van der Waals surface area contributed by atoms with Crippen molar-refractivity contribution in [1.29, 1.82) is 0 Å². The highest BCUT2D eigenvalue weighted by atomic mass is 79.9. The zero-order chi connectivity index (χ0) is 15.5. The molecule has 0 aliphatic heterocycles. The maximum atomic E-state index is 12.2. The van der Waals surface area contributed by atoms with Crippen LogP contribution < -0.4 is 15.2 Å². The van der Waals surface area contributed by atoms with Crippen LogP contribution in [0.4, 0.5) is 13.2 Å². The van der Waals surface area contributed by atoms with E-state index in [2.05, 4.69) is 25.7 Å². The van der Waals surface area contributed by atoms with Gasteiger partial charge >= 0.3 is 6.36 Å². The molecule has 1 heterocycles. The average molecular weight is 363 g/mol. The van der Waals surface area contributed by atoms with Crippen LogP contribution in [-0.4, -0.2) is 11.3 Å². The Kier molecular flexibility index (Phi) is 4.69. The molecule has 112 valence electrons. The van der Waals surface area contributed by atoms with E-state index < -0.39 is 6.36 Å². The van der Waals surface area contributed by atoms with Crippen molar-refractivity contribution in [2.24, 2.45) is 5.73 Å². The van der Waals surface area contributed by atoms with Gasteiger partial charge in [0, 0.05) is 12.7 Å². The summed E-state index contributed by atoms with van der Waals surface area (Å²) in [5.41, 5.74) is 6.27. The van der Waals surface area contributed by atoms with E-state index in [9.17, 15) is 13.2 Å². The summed E-state index contributed by atoms with van der Waals surface area (Å²) in [5.74, 6) is 0.436. The number of pyridine rings is 1. The molecule has 0 saturated carbocycles. The van der Waals surface area contributed by atoms with Crippen LogP contribution in [0, 0.1) is 0 Å². The molecular formula is C13H10BrF3N2O2. The highest BCUT2D eigenvalue weighted by Gasteiger charge is 2.32. The van der Waals surface area contributed by atoms with Gasteiger partial charge in [-0.25, -0.2) is 0 Å². The van der Waals surface area contributed by atoms with Gasteiger partial charge in [0.25, 0.3) is 0 Å². The minimum atomic E-state index is -4.75. The zero-order valence-electron chi connectivity index (χ0n) is 10.5. The van der Waals surface area contributed by atoms with Crippen LogP contribution in [0.25, 0.3) is 0 Å². The number of benzene rings is 1. The highest BCUT2D eigenvalue weighted by molar-refractivity contribution is 9.10. The Labute approximate surface area is 126 Å². The minimum Gasteiger partial charge on any atom is -0.456 e. The van der Waals surface area contributed by atoms with Crippen LogP contribution in [-0.2, 0) is 6.54 Å². The Morgan fingerprint density at radius 1 is 1.14 bits per heavy atom. The summed E-state index contributed by atoms with van der Waals surface area (Å²) in [4.78, 5) is 3.95. The Bertz CT molecular complexity index is 635. The monoisotopic (exact) mass is 362 g/mol. The predicted molar refractivity (Wildman–Crippen MR) is 73.0 cm³/mol. The number of halogens is 4. The summed E-state index contributed by atoms with van der Waals surface area (Å²) in [6.45, 7) is 0.312. The Morgan fingerprint density at radius 3 is 2.52 bits per heavy atom. The normalized spacial score (nSPS) is 11.3. The van der Waals surface area contributed by atoms with E-state index in [-0.39, 0.29) is 10.2 Å². The zero-order valence-corrected chi connectivity index (χ0v) is 12.1. The molecule has 2 aromatic rings. The third-order valence-corrected chi connectivity index (χ3v) is 2.99. The molecule has 1 aromatic carbocycles. The van der Waals surface area contributed by atoms with E-state index in [1.165, 1.54) is 18.3 Å². The first-order chi connectivity index (χ1) is 9.87. The maximum Gasteiger partial charge on any atom is 0.573 e. The van der Waals surface area contributed by atoms with Crippen LogP contribution in [0.2, 0.25) is 0 Å². The van der Waals surface area contributed by atoms with Crippen LogP contribution in [0.1, 0.15) is 5.56 Å². The van der Waals surface area contributed by atoms with Gasteiger partial charge in [0.05, 0.1) is 10.7 Å². The second kappa shape index (κ2) is 6.31. The molecule has 0 bridgehead atoms. The number of hydrogen-bond donors (Lipinski definition) is 1. The predicted octanol–water partition coefficient (Wildman–Crippen LogP) is 3.99. The van der Waals surface area contributed by atoms with Crippen molar-refractivity contribution in [3.8, 4) is 17.2 Å². The Morgan fingerprint density at radius 2 is 1.90 bits per heavy atom. The van der Waals surface area contributed by atoms with Crippen LogP contribution in [0.15, 0.2) is 41.1 Å². The Hall–Kier alpha value is -1.80. The standard InChI is InChI=1S/C13H10BrF3N2O2/c14-11-4-9(1-2-12(11)21-13(15,16)17)20-10-3-8(5-18)6-19-7-10/h1-4,6-7H,5,18H2. The number of hydrogen-bond acceptors (Lipinski definition) is 4. The van der Waals surface area contributed by atoms with E-state index in [1.54, 1.807) is 12.3 Å². The van der Waals surface area contributed by atoms with E-state index >= 15 is 0 Å². The molecule has 4 nitrogen and oxygen atoms in total. The quantitative estimate of drug-likeness (QED) is 0.893. The molecule has 0 fully saturated rings. The molecule has 0 aliphatic carbocycles. The summed E-state index contributed by atoms with van der Waals surface area (Å²) in [7, 11) is 0. The summed E-state index contributed by atoms with van der Waals surface area (Å²) in [6, 6.07) is 5.59. The molecule has 0 saturated heterocycles. The van der Waals surface area contributed by atoms with Crippen molar-refractivity contribution in [1.82, 2.24) is 4.98 Å². The van der Waals surface area contributed by atoms with Gasteiger partial charge in [-0.3, -0.25) is 4.98 Å². The summed E-state index contributed by atoms with van der Waals surface area (Å²) in [5, 5.41) is 0. The lowest BCUT2D eigenvalue weighted by molar-refractivity contribution is -0.274. The highest BCUT2D eigenvalue weighted by Crippen LogP contribution is 2.34. The van der Waals surface area contributed by atoms with E-state index in [4.69, 9.17) is 10.5 Å². The fourth-order valence-electron chi connectivity index (χ4n) is 1.52. The first-order valence-corrected chi connectivity index (χ1v) is 6.54. The van der Waals surface area contributed by atoms with Crippen molar-refractivity contribution in [2.45, 2.75) is 12.9 Å². The molecule has 8 heteroatoms. The molecule has 21 heavy (non-hydrogen) atoms. The van der Waals surface area contributed by atoms with Crippen molar-refractivity contribution in [2.75, 3.05) is 0 Å². The van der Waals surface area contributed by atoms with Gasteiger partial charge in [-0.1, -0.05) is 0 Å². The van der Waals surface area contributed by atoms with Gasteiger partial charge in [-0.15, -0.1) is 13.2 Å². The molecule has 2 rings (SSSR count). The first-order valence-electron chi connectivity index (χ1n) is 5.74. The van der Waals surface area contributed by atoms with Crippen molar-refractivity contribution >= 4 is 15.9 Å². The number of aromatic nitrogens is 1. The number of nitrogens with two attached hydrogens (primary N) is 1. The number of alkyl halides is 3. The van der Waals surface area contributed by atoms with Crippen LogP contribution in [0.5, 0.6) is 17.2 Å². The van der Waals surface area contributed by atoms with Gasteiger partial charge in [0.1, 0.15) is 17.2 Å². The largest absolute Gasteiger partial charge is 0.573 e. The number of rotatable bonds is 4. The molecule has 2 N–H and O–H groups in total. The topological polar surface area (TPSA) is 57.4 Å². The van der Waals surface area contributed by atoms with Crippen molar-refractivity contribution < 1.29 is 22.6 Å². The van der Waals surface area contributed by atoms with E-state index in [0.29, 0.717) is 18.0 Å². The summed E-state index contributed by atoms with van der Waals surface area (Å²) >= 11 is 3.00. The first kappa shape index (κ1) is 15.6. The van der Waals surface area contributed by atoms with Gasteiger partial charge in [-0.05, 0) is 45.8 Å². The van der Waals surface area contributed by atoms with Gasteiger partial charge < -0.3 is 15.2 Å². The van der Waals surface area contributed by atoms with Gasteiger partial charge in [-0.2, -0.15) is 0 Å². The number of ether oxygens (including phenoxy) is 2. The molecule has 0 radical (unpaired) electrons. The fourth-order valence-corrected chi connectivity index (χ4v) is 1.96. The van der Waals surface area contributed by atoms with Crippen LogP contribution >= 0.6 is 15.9 Å². The average Bonchev–Trinajstić information content (AvgIpc) is 2.41. The molecule has 0 spiro atoms. The van der Waals surface area contributed by atoms with Crippen LogP contribution in [0.3, 0.4) is 0 Å². The second-order valence-corrected chi connectivity index (χ2v) is 4.83. The maximum absolute atomic E-state index is 12.2. The molecular weight excluding hydrogens is 353 g/mol. The van der Waals surface area contributed by atoms with Gasteiger partial charge in [0.2, 0.25) is 0 Å². The molecule has 0 atom stereocenters.